The average molecular weight is 413 g/mol. The summed E-state index contributed by atoms with van der Waals surface area (Å²) in [5.41, 5.74) is 2.35. The molecule has 4 rings (SSSR count). The van der Waals surface area contributed by atoms with Crippen molar-refractivity contribution in [2.45, 2.75) is 25.3 Å². The van der Waals surface area contributed by atoms with Gasteiger partial charge in [0.1, 0.15) is 5.82 Å². The van der Waals surface area contributed by atoms with Crippen LogP contribution in [0.5, 0.6) is 0 Å². The van der Waals surface area contributed by atoms with Crippen LogP contribution in [0.4, 0.5) is 10.2 Å². The number of aromatic nitrogens is 2. The van der Waals surface area contributed by atoms with E-state index in [1.807, 2.05) is 30.3 Å². The third-order valence-corrected chi connectivity index (χ3v) is 5.39. The summed E-state index contributed by atoms with van der Waals surface area (Å²) in [6, 6.07) is 16.0. The number of nitrogens with zero attached hydrogens (tertiary/aromatic N) is 2. The molecule has 29 heavy (non-hydrogen) atoms. The molecule has 1 aliphatic rings. The van der Waals surface area contributed by atoms with Crippen molar-refractivity contribution >= 4 is 23.3 Å². The highest BCUT2D eigenvalue weighted by Crippen LogP contribution is 2.25. The second-order valence-electron chi connectivity index (χ2n) is 7.27. The summed E-state index contributed by atoms with van der Waals surface area (Å²) in [5, 5.41) is 11.2. The van der Waals surface area contributed by atoms with E-state index in [1.54, 1.807) is 18.2 Å². The van der Waals surface area contributed by atoms with E-state index in [1.165, 1.54) is 6.07 Å². The predicted octanol–water partition coefficient (Wildman–Crippen LogP) is 4.20. The number of amides is 1. The Labute approximate surface area is 173 Å². The molecule has 0 saturated carbocycles. The number of aromatic amines is 1. The van der Waals surface area contributed by atoms with Gasteiger partial charge in [-0.1, -0.05) is 41.9 Å². The third-order valence-electron chi connectivity index (χ3n) is 5.14. The smallest absolute Gasteiger partial charge is 0.224 e. The normalized spacial score (nSPS) is 16.6. The van der Waals surface area contributed by atoms with Gasteiger partial charge in [0, 0.05) is 30.2 Å². The summed E-state index contributed by atoms with van der Waals surface area (Å²) < 4.78 is 13.8. The van der Waals surface area contributed by atoms with Crippen molar-refractivity contribution in [3.63, 3.8) is 0 Å². The lowest BCUT2D eigenvalue weighted by Gasteiger charge is -2.33. The summed E-state index contributed by atoms with van der Waals surface area (Å²) in [5.74, 6) is 0.341. The number of hydrogen-bond donors (Lipinski definition) is 2. The first kappa shape index (κ1) is 19.5. The van der Waals surface area contributed by atoms with Gasteiger partial charge in [-0.15, -0.1) is 0 Å². The van der Waals surface area contributed by atoms with Crippen LogP contribution in [0.25, 0.3) is 11.3 Å². The quantitative estimate of drug-likeness (QED) is 0.660. The molecule has 1 atom stereocenters. The van der Waals surface area contributed by atoms with Gasteiger partial charge >= 0.3 is 0 Å². The minimum atomic E-state index is -0.348. The molecule has 1 aliphatic heterocycles. The number of rotatable bonds is 5. The summed E-state index contributed by atoms with van der Waals surface area (Å²) >= 11 is 5.95. The Hall–Kier alpha value is -2.86. The van der Waals surface area contributed by atoms with Gasteiger partial charge in [0.05, 0.1) is 12.1 Å². The number of halogens is 2. The predicted molar refractivity (Wildman–Crippen MR) is 113 cm³/mol. The first-order chi connectivity index (χ1) is 14.1. The van der Waals surface area contributed by atoms with E-state index in [0.717, 1.165) is 36.5 Å². The lowest BCUT2D eigenvalue weighted by molar-refractivity contribution is -0.121. The second-order valence-corrected chi connectivity index (χ2v) is 7.70. The van der Waals surface area contributed by atoms with E-state index in [2.05, 4.69) is 20.4 Å². The number of benzene rings is 2. The zero-order chi connectivity index (χ0) is 20.2. The molecule has 0 spiro atoms. The number of piperidine rings is 1. The summed E-state index contributed by atoms with van der Waals surface area (Å²) in [4.78, 5) is 14.5. The highest BCUT2D eigenvalue weighted by molar-refractivity contribution is 6.30. The molecular weight excluding hydrogens is 391 g/mol. The number of anilines is 1. The van der Waals surface area contributed by atoms with Gasteiger partial charge in [-0.3, -0.25) is 9.89 Å². The van der Waals surface area contributed by atoms with Crippen molar-refractivity contribution in [1.82, 2.24) is 15.5 Å². The van der Waals surface area contributed by atoms with Crippen LogP contribution in [-0.4, -0.2) is 35.2 Å². The fraction of sp³-hybridized carbons (Fsp3) is 0.273. The highest BCUT2D eigenvalue weighted by atomic mass is 35.5. The first-order valence-electron chi connectivity index (χ1n) is 9.67. The molecule has 0 aliphatic carbocycles. The molecule has 150 valence electrons. The Kier molecular flexibility index (Phi) is 5.81. The standard InChI is InChI=1S/C22H22ClFN4O/c23-17-9-7-15(8-10-17)20-13-21(27-26-20)28-11-3-5-18(14-28)25-22(29)12-16-4-1-2-6-19(16)24/h1-2,4,6-10,13,18H,3,5,11-12,14H2,(H,25,29)(H,26,27). The maximum Gasteiger partial charge on any atom is 0.224 e. The van der Waals surface area contributed by atoms with Gasteiger partial charge in [-0.2, -0.15) is 5.10 Å². The Bertz CT molecular complexity index is 988. The van der Waals surface area contributed by atoms with Gasteiger partial charge in [-0.25, -0.2) is 4.39 Å². The maximum atomic E-state index is 13.8. The molecule has 2 N–H and O–H groups in total. The molecule has 1 saturated heterocycles. The molecule has 1 unspecified atom stereocenters. The van der Waals surface area contributed by atoms with E-state index < -0.39 is 0 Å². The third kappa shape index (κ3) is 4.77. The van der Waals surface area contributed by atoms with Crippen molar-refractivity contribution in [3.8, 4) is 11.3 Å². The monoisotopic (exact) mass is 412 g/mol. The molecule has 2 heterocycles. The Morgan fingerprint density at radius 2 is 2.03 bits per heavy atom. The fourth-order valence-electron chi connectivity index (χ4n) is 3.65. The van der Waals surface area contributed by atoms with Gasteiger partial charge < -0.3 is 10.2 Å². The zero-order valence-electron chi connectivity index (χ0n) is 15.9. The van der Waals surface area contributed by atoms with Crippen molar-refractivity contribution in [2.75, 3.05) is 18.0 Å². The van der Waals surface area contributed by atoms with E-state index in [-0.39, 0.29) is 24.2 Å². The molecule has 7 heteroatoms. The van der Waals surface area contributed by atoms with Gasteiger partial charge in [0.15, 0.2) is 5.82 Å². The minimum Gasteiger partial charge on any atom is -0.353 e. The highest BCUT2D eigenvalue weighted by Gasteiger charge is 2.23. The molecule has 1 aromatic heterocycles. The Morgan fingerprint density at radius 1 is 1.24 bits per heavy atom. The number of carbonyl (C=O) groups is 1. The number of carbonyl (C=O) groups excluding carboxylic acids is 1. The van der Waals surface area contributed by atoms with Crippen LogP contribution < -0.4 is 10.2 Å². The molecule has 1 amide bonds. The lowest BCUT2D eigenvalue weighted by atomic mass is 10.0. The summed E-state index contributed by atoms with van der Waals surface area (Å²) in [6.07, 6.45) is 1.90. The van der Waals surface area contributed by atoms with Crippen molar-refractivity contribution in [2.24, 2.45) is 0 Å². The molecule has 0 radical (unpaired) electrons. The number of H-pyrrole nitrogens is 1. The molecular formula is C22H22ClFN4O. The second kappa shape index (κ2) is 8.66. The largest absolute Gasteiger partial charge is 0.353 e. The molecule has 1 fully saturated rings. The van der Waals surface area contributed by atoms with E-state index in [9.17, 15) is 9.18 Å². The number of nitrogens with one attached hydrogen (secondary N) is 2. The van der Waals surface area contributed by atoms with Crippen LogP contribution in [0.2, 0.25) is 5.02 Å². The Morgan fingerprint density at radius 3 is 2.83 bits per heavy atom. The van der Waals surface area contributed by atoms with Crippen LogP contribution >= 0.6 is 11.6 Å². The van der Waals surface area contributed by atoms with Gasteiger partial charge in [0.2, 0.25) is 5.91 Å². The molecule has 0 bridgehead atoms. The SMILES string of the molecule is O=C(Cc1ccccc1F)NC1CCCN(c2cc(-c3ccc(Cl)cc3)[nH]n2)C1. The molecule has 3 aromatic rings. The summed E-state index contributed by atoms with van der Waals surface area (Å²) in [7, 11) is 0. The van der Waals surface area contributed by atoms with Crippen LogP contribution in [0.1, 0.15) is 18.4 Å². The topological polar surface area (TPSA) is 61.0 Å². The van der Waals surface area contributed by atoms with Crippen LogP contribution in [0.3, 0.4) is 0 Å². The summed E-state index contributed by atoms with van der Waals surface area (Å²) in [6.45, 7) is 1.55. The van der Waals surface area contributed by atoms with Gasteiger partial charge in [0.25, 0.3) is 0 Å². The fourth-order valence-corrected chi connectivity index (χ4v) is 3.77. The van der Waals surface area contributed by atoms with Crippen LogP contribution in [0.15, 0.2) is 54.6 Å². The van der Waals surface area contributed by atoms with Gasteiger partial charge in [-0.05, 0) is 42.2 Å². The molecule has 2 aromatic carbocycles. The van der Waals surface area contributed by atoms with Crippen LogP contribution in [-0.2, 0) is 11.2 Å². The van der Waals surface area contributed by atoms with E-state index >= 15 is 0 Å². The van der Waals surface area contributed by atoms with Crippen LogP contribution in [0, 0.1) is 5.82 Å². The van der Waals surface area contributed by atoms with Crippen molar-refractivity contribution in [3.05, 3.63) is 71.0 Å². The minimum absolute atomic E-state index is 0.0127. The first-order valence-corrected chi connectivity index (χ1v) is 10.1. The lowest BCUT2D eigenvalue weighted by Crippen LogP contribution is -2.48. The van der Waals surface area contributed by atoms with Crippen molar-refractivity contribution < 1.29 is 9.18 Å². The van der Waals surface area contributed by atoms with Crippen molar-refractivity contribution in [1.29, 1.82) is 0 Å². The molecule has 5 nitrogen and oxygen atoms in total. The maximum absolute atomic E-state index is 13.8. The average Bonchev–Trinajstić information content (AvgIpc) is 3.21. The number of hydrogen-bond acceptors (Lipinski definition) is 3. The zero-order valence-corrected chi connectivity index (χ0v) is 16.6. The van der Waals surface area contributed by atoms with E-state index in [0.29, 0.717) is 17.1 Å². The Balaban J connectivity index is 1.38. The van der Waals surface area contributed by atoms with E-state index in [4.69, 9.17) is 11.6 Å².